The number of carbonyl (C=O) groups excluding carboxylic acids is 1. The van der Waals surface area contributed by atoms with E-state index in [2.05, 4.69) is 5.32 Å². The molecule has 1 aromatic carbocycles. The van der Waals surface area contributed by atoms with Gasteiger partial charge in [-0.3, -0.25) is 4.79 Å². The number of carboxylic acids is 1. The van der Waals surface area contributed by atoms with Crippen LogP contribution in [-0.4, -0.2) is 17.0 Å². The van der Waals surface area contributed by atoms with Crippen molar-refractivity contribution in [2.45, 2.75) is 13.3 Å². The van der Waals surface area contributed by atoms with E-state index in [0.717, 1.165) is 11.3 Å². The average Bonchev–Trinajstić information content (AvgIpc) is 2.42. The van der Waals surface area contributed by atoms with Gasteiger partial charge in [0.15, 0.2) is 0 Å². The van der Waals surface area contributed by atoms with Gasteiger partial charge < -0.3 is 10.4 Å². The third kappa shape index (κ3) is 1.25. The molecule has 0 saturated heterocycles. The van der Waals surface area contributed by atoms with Crippen LogP contribution in [0.1, 0.15) is 21.5 Å². The highest BCUT2D eigenvalue weighted by Gasteiger charge is 2.20. The normalized spacial score (nSPS) is 13.6. The molecule has 1 aromatic rings. The maximum atomic E-state index is 11.0. The lowest BCUT2D eigenvalue weighted by molar-refractivity contribution is -0.115. The van der Waals surface area contributed by atoms with Gasteiger partial charge in [-0.25, -0.2) is 4.79 Å². The second kappa shape index (κ2) is 2.83. The molecule has 2 rings (SSSR count). The number of hydrogen-bond donors (Lipinski definition) is 2. The van der Waals surface area contributed by atoms with Crippen LogP contribution in [0.5, 0.6) is 0 Å². The molecule has 1 aliphatic heterocycles. The van der Waals surface area contributed by atoms with Crippen molar-refractivity contribution in [3.63, 3.8) is 0 Å². The average molecular weight is 191 g/mol. The van der Waals surface area contributed by atoms with Gasteiger partial charge in [-0.05, 0) is 30.2 Å². The third-order valence-corrected chi connectivity index (χ3v) is 2.31. The molecule has 1 heterocycles. The fraction of sp³-hybridized carbons (Fsp3) is 0.200. The van der Waals surface area contributed by atoms with Gasteiger partial charge in [-0.1, -0.05) is 0 Å². The maximum absolute atomic E-state index is 11.0. The minimum atomic E-state index is -0.954. The van der Waals surface area contributed by atoms with E-state index in [-0.39, 0.29) is 17.9 Å². The zero-order chi connectivity index (χ0) is 10.3. The third-order valence-electron chi connectivity index (χ3n) is 2.31. The van der Waals surface area contributed by atoms with Crippen LogP contribution in [0.4, 0.5) is 5.69 Å². The number of hydrogen-bond acceptors (Lipinski definition) is 2. The molecule has 0 atom stereocenters. The summed E-state index contributed by atoms with van der Waals surface area (Å²) >= 11 is 0. The van der Waals surface area contributed by atoms with Crippen LogP contribution in [0, 0.1) is 6.92 Å². The lowest BCUT2D eigenvalue weighted by Gasteiger charge is -2.04. The van der Waals surface area contributed by atoms with Crippen LogP contribution < -0.4 is 5.32 Å². The van der Waals surface area contributed by atoms with E-state index in [1.54, 1.807) is 19.1 Å². The zero-order valence-electron chi connectivity index (χ0n) is 7.63. The van der Waals surface area contributed by atoms with Gasteiger partial charge in [-0.2, -0.15) is 0 Å². The minimum Gasteiger partial charge on any atom is -0.478 e. The molecule has 4 nitrogen and oxygen atoms in total. The van der Waals surface area contributed by atoms with Gasteiger partial charge in [0, 0.05) is 5.69 Å². The Morgan fingerprint density at radius 3 is 2.86 bits per heavy atom. The van der Waals surface area contributed by atoms with Crippen molar-refractivity contribution in [1.29, 1.82) is 0 Å². The van der Waals surface area contributed by atoms with Crippen LogP contribution >= 0.6 is 0 Å². The van der Waals surface area contributed by atoms with Crippen molar-refractivity contribution in [1.82, 2.24) is 0 Å². The second-order valence-electron chi connectivity index (χ2n) is 3.35. The molecule has 0 saturated carbocycles. The van der Waals surface area contributed by atoms with Crippen molar-refractivity contribution >= 4 is 17.6 Å². The Balaban J connectivity index is 2.55. The number of fused-ring (bicyclic) bond motifs is 1. The molecule has 0 spiro atoms. The smallest absolute Gasteiger partial charge is 0.335 e. The SMILES string of the molecule is Cc1cc2c(cc1C(=O)O)CC(=O)N2. The number of amides is 1. The first-order valence-electron chi connectivity index (χ1n) is 4.24. The number of aromatic carboxylic acids is 1. The summed E-state index contributed by atoms with van der Waals surface area (Å²) in [6, 6.07) is 3.26. The second-order valence-corrected chi connectivity index (χ2v) is 3.35. The molecule has 2 N–H and O–H groups in total. The topological polar surface area (TPSA) is 66.4 Å². The van der Waals surface area contributed by atoms with E-state index in [4.69, 9.17) is 5.11 Å². The largest absolute Gasteiger partial charge is 0.478 e. The number of rotatable bonds is 1. The molecular weight excluding hydrogens is 182 g/mol. The summed E-state index contributed by atoms with van der Waals surface area (Å²) in [6.07, 6.45) is 0.274. The number of carbonyl (C=O) groups is 2. The fourth-order valence-corrected chi connectivity index (χ4v) is 1.61. The van der Waals surface area contributed by atoms with Crippen LogP contribution in [0.2, 0.25) is 0 Å². The van der Waals surface area contributed by atoms with E-state index in [1.165, 1.54) is 0 Å². The first kappa shape index (κ1) is 8.74. The highest BCUT2D eigenvalue weighted by molar-refractivity contribution is 6.01. The van der Waals surface area contributed by atoms with Gasteiger partial charge in [-0.15, -0.1) is 0 Å². The molecule has 72 valence electrons. The summed E-state index contributed by atoms with van der Waals surface area (Å²) < 4.78 is 0. The van der Waals surface area contributed by atoms with Crippen LogP contribution in [-0.2, 0) is 11.2 Å². The van der Waals surface area contributed by atoms with E-state index in [0.29, 0.717) is 5.56 Å². The molecule has 0 bridgehead atoms. The summed E-state index contributed by atoms with van der Waals surface area (Å²) in [4.78, 5) is 21.8. The standard InChI is InChI=1S/C10H9NO3/c1-5-2-8-6(4-9(12)11-8)3-7(5)10(13)14/h2-3H,4H2,1H3,(H,11,12)(H,13,14). The lowest BCUT2D eigenvalue weighted by atomic mass is 10.0. The summed E-state index contributed by atoms with van der Waals surface area (Å²) in [5.74, 6) is -1.04. The molecule has 0 fully saturated rings. The summed E-state index contributed by atoms with van der Waals surface area (Å²) in [7, 11) is 0. The monoisotopic (exact) mass is 191 g/mol. The summed E-state index contributed by atoms with van der Waals surface area (Å²) in [6.45, 7) is 1.72. The molecule has 0 radical (unpaired) electrons. The number of benzene rings is 1. The first-order valence-corrected chi connectivity index (χ1v) is 4.24. The molecule has 1 amide bonds. The Morgan fingerprint density at radius 1 is 1.50 bits per heavy atom. The van der Waals surface area contributed by atoms with Gasteiger partial charge >= 0.3 is 5.97 Å². The van der Waals surface area contributed by atoms with Gasteiger partial charge in [0.2, 0.25) is 5.91 Å². The Labute approximate surface area is 80.6 Å². The van der Waals surface area contributed by atoms with Crippen molar-refractivity contribution in [2.75, 3.05) is 5.32 Å². The van der Waals surface area contributed by atoms with Crippen LogP contribution in [0.15, 0.2) is 12.1 Å². The number of nitrogens with one attached hydrogen (secondary N) is 1. The van der Waals surface area contributed by atoms with E-state index in [9.17, 15) is 9.59 Å². The number of anilines is 1. The minimum absolute atomic E-state index is 0.0815. The molecule has 0 aromatic heterocycles. The predicted octanol–water partition coefficient (Wildman–Crippen LogP) is 1.19. The Kier molecular flexibility index (Phi) is 1.77. The highest BCUT2D eigenvalue weighted by atomic mass is 16.4. The predicted molar refractivity (Wildman–Crippen MR) is 50.5 cm³/mol. The molecule has 0 unspecified atom stereocenters. The van der Waals surface area contributed by atoms with Gasteiger partial charge in [0.1, 0.15) is 0 Å². The van der Waals surface area contributed by atoms with Crippen molar-refractivity contribution in [3.05, 3.63) is 28.8 Å². The number of carboxylic acid groups (broad SMARTS) is 1. The van der Waals surface area contributed by atoms with E-state index < -0.39 is 5.97 Å². The highest BCUT2D eigenvalue weighted by Crippen LogP contribution is 2.26. The Morgan fingerprint density at radius 2 is 2.21 bits per heavy atom. The maximum Gasteiger partial charge on any atom is 0.335 e. The summed E-state index contributed by atoms with van der Waals surface area (Å²) in [5.41, 5.74) is 2.43. The molecule has 0 aliphatic carbocycles. The summed E-state index contributed by atoms with van der Waals surface area (Å²) in [5, 5.41) is 11.5. The Bertz CT molecular complexity index is 437. The van der Waals surface area contributed by atoms with Gasteiger partial charge in [0.25, 0.3) is 0 Å². The van der Waals surface area contributed by atoms with Gasteiger partial charge in [0.05, 0.1) is 12.0 Å². The van der Waals surface area contributed by atoms with Crippen molar-refractivity contribution in [2.24, 2.45) is 0 Å². The Hall–Kier alpha value is -1.84. The van der Waals surface area contributed by atoms with Crippen LogP contribution in [0.25, 0.3) is 0 Å². The molecular formula is C10H9NO3. The molecule has 4 heteroatoms. The molecule has 14 heavy (non-hydrogen) atoms. The fourth-order valence-electron chi connectivity index (χ4n) is 1.61. The lowest BCUT2D eigenvalue weighted by Crippen LogP contribution is -2.03. The quantitative estimate of drug-likeness (QED) is 0.700. The molecule has 1 aliphatic rings. The zero-order valence-corrected chi connectivity index (χ0v) is 7.63. The van der Waals surface area contributed by atoms with Crippen LogP contribution in [0.3, 0.4) is 0 Å². The van der Waals surface area contributed by atoms with E-state index >= 15 is 0 Å². The van der Waals surface area contributed by atoms with E-state index in [1.807, 2.05) is 0 Å². The first-order chi connectivity index (χ1) is 6.58. The number of aryl methyl sites for hydroxylation is 1. The van der Waals surface area contributed by atoms with Crippen molar-refractivity contribution < 1.29 is 14.7 Å². The van der Waals surface area contributed by atoms with Crippen molar-refractivity contribution in [3.8, 4) is 0 Å².